The average molecular weight is 811 g/mol. The van der Waals surface area contributed by atoms with E-state index in [-0.39, 0.29) is 76.8 Å². The lowest BCUT2D eigenvalue weighted by atomic mass is 9.57. The highest BCUT2D eigenvalue weighted by atomic mass is 28.4. The third-order valence-electron chi connectivity index (χ3n) is 12.6. The van der Waals surface area contributed by atoms with E-state index in [1.807, 2.05) is 114 Å². The molecule has 0 amide bonds. The van der Waals surface area contributed by atoms with Gasteiger partial charge in [-0.3, -0.25) is 14.5 Å². The SMILES string of the molecule is Cc1c(OCc2ccccc2)c2c(c(F)c1C(C=O)CO)C[C@H]1C[C@H]3[C@H](N(C)C)c4onc(OCc5ccccc5)c4C(=O)[C@@]3(O[Si](C)(C)C(C)(C)C)C(=O)C1=C2O. The number of ketones is 2. The molecule has 5 atom stereocenters. The summed E-state index contributed by atoms with van der Waals surface area (Å²) in [4.78, 5) is 45.4. The van der Waals surface area contributed by atoms with Crippen LogP contribution in [0.25, 0.3) is 5.76 Å². The molecule has 4 aromatic rings. The number of Topliss-reactive ketones (excluding diaryl/α,β-unsaturated/α-hetero) is 2. The Morgan fingerprint density at radius 1 is 1.00 bits per heavy atom. The molecule has 11 nitrogen and oxygen atoms in total. The molecule has 0 radical (unpaired) electrons. The molecular weight excluding hydrogens is 760 g/mol. The molecule has 1 fully saturated rings. The first-order valence-corrected chi connectivity index (χ1v) is 22.5. The average Bonchev–Trinajstić information content (AvgIpc) is 3.60. The highest BCUT2D eigenvalue weighted by Crippen LogP contribution is 2.59. The number of aldehydes is 1. The number of aliphatic hydroxyl groups is 2. The molecule has 3 aromatic carbocycles. The quantitative estimate of drug-likeness (QED) is 0.0819. The number of carbonyl (C=O) groups excluding carboxylic acids is 3. The summed E-state index contributed by atoms with van der Waals surface area (Å²) in [5.41, 5.74) is -0.374. The van der Waals surface area contributed by atoms with E-state index in [0.717, 1.165) is 11.1 Å². The van der Waals surface area contributed by atoms with Crippen molar-refractivity contribution in [3.05, 3.63) is 117 Å². The summed E-state index contributed by atoms with van der Waals surface area (Å²) < 4.78 is 42.7. The van der Waals surface area contributed by atoms with E-state index in [1.54, 1.807) is 6.92 Å². The van der Waals surface area contributed by atoms with Crippen LogP contribution in [0.4, 0.5) is 4.39 Å². The van der Waals surface area contributed by atoms with Gasteiger partial charge in [-0.15, -0.1) is 0 Å². The summed E-state index contributed by atoms with van der Waals surface area (Å²) >= 11 is 0. The molecule has 13 heteroatoms. The van der Waals surface area contributed by atoms with Crippen LogP contribution in [0, 0.1) is 24.6 Å². The summed E-state index contributed by atoms with van der Waals surface area (Å²) in [6, 6.07) is 17.9. The number of halogens is 1. The lowest BCUT2D eigenvalue weighted by Gasteiger charge is -2.55. The first-order chi connectivity index (χ1) is 27.5. The van der Waals surface area contributed by atoms with Crippen LogP contribution < -0.4 is 9.47 Å². The van der Waals surface area contributed by atoms with Crippen molar-refractivity contribution in [2.24, 2.45) is 11.8 Å². The van der Waals surface area contributed by atoms with Gasteiger partial charge in [-0.2, -0.15) is 0 Å². The predicted octanol–water partition coefficient (Wildman–Crippen LogP) is 7.85. The van der Waals surface area contributed by atoms with Crippen LogP contribution in [0.2, 0.25) is 18.1 Å². The normalized spacial score (nSPS) is 22.2. The van der Waals surface area contributed by atoms with E-state index in [2.05, 4.69) is 5.16 Å². The third kappa shape index (κ3) is 6.61. The van der Waals surface area contributed by atoms with Crippen LogP contribution in [0.15, 0.2) is 70.8 Å². The van der Waals surface area contributed by atoms with Crippen molar-refractivity contribution < 1.29 is 47.4 Å². The second kappa shape index (κ2) is 15.3. The maximum absolute atomic E-state index is 17.0. The standard InChI is InChI=1S/C45H51FN2O9Si/c1-25-32(29(21-49)22-50)36(46)30-19-28-20-31-37(48(5)6)40-35(43(47-56-40)55-24-27-17-13-10-14-18-27)42(53)45(31,57-58(7,8)44(2,3)4)41(52)33(28)38(51)34(30)39(25)54-23-26-15-11-9-12-16-26/h9-18,21,28-29,31,37,50-51H,19-20,22-24H2,1-8H3/t28-,29?,31-,37-,45-/m0/s1. The van der Waals surface area contributed by atoms with Gasteiger partial charge in [-0.05, 0) is 79.8 Å². The van der Waals surface area contributed by atoms with Crippen molar-refractivity contribution in [3.63, 3.8) is 0 Å². The zero-order valence-corrected chi connectivity index (χ0v) is 35.2. The van der Waals surface area contributed by atoms with E-state index in [4.69, 9.17) is 18.4 Å². The molecule has 1 saturated carbocycles. The van der Waals surface area contributed by atoms with Gasteiger partial charge in [-0.1, -0.05) is 81.4 Å². The third-order valence-corrected chi connectivity index (χ3v) is 17.1. The van der Waals surface area contributed by atoms with E-state index in [1.165, 1.54) is 0 Å². The lowest BCUT2D eigenvalue weighted by Crippen LogP contribution is -2.68. The number of aromatic nitrogens is 1. The molecule has 3 aliphatic rings. The monoisotopic (exact) mass is 810 g/mol. The Labute approximate surface area is 338 Å². The van der Waals surface area contributed by atoms with Gasteiger partial charge in [0.05, 0.1) is 24.1 Å². The number of carbonyl (C=O) groups is 3. The Morgan fingerprint density at radius 2 is 1.60 bits per heavy atom. The van der Waals surface area contributed by atoms with Gasteiger partial charge in [0.2, 0.25) is 11.6 Å². The Hall–Kier alpha value is -4.95. The second-order valence-electron chi connectivity index (χ2n) is 17.4. The van der Waals surface area contributed by atoms with Gasteiger partial charge >= 0.3 is 0 Å². The number of benzene rings is 3. The Bertz CT molecular complexity index is 2280. The number of aliphatic hydroxyl groups excluding tert-OH is 2. The molecule has 306 valence electrons. The number of hydrogen-bond donors (Lipinski definition) is 2. The van der Waals surface area contributed by atoms with E-state index >= 15 is 14.0 Å². The summed E-state index contributed by atoms with van der Waals surface area (Å²) in [6.45, 7) is 11.0. The molecule has 1 unspecified atom stereocenters. The molecule has 7 rings (SSSR count). The minimum Gasteiger partial charge on any atom is -0.507 e. The van der Waals surface area contributed by atoms with Crippen molar-refractivity contribution in [2.45, 2.75) is 89.4 Å². The summed E-state index contributed by atoms with van der Waals surface area (Å²) in [6.07, 6.45) is 0.545. The van der Waals surface area contributed by atoms with Crippen molar-refractivity contribution in [2.75, 3.05) is 20.7 Å². The molecule has 0 aliphatic heterocycles. The smallest absolute Gasteiger partial charge is 0.265 e. The number of fused-ring (bicyclic) bond motifs is 4. The molecule has 0 saturated heterocycles. The first-order valence-electron chi connectivity index (χ1n) is 19.6. The van der Waals surface area contributed by atoms with Gasteiger partial charge in [0, 0.05) is 22.6 Å². The molecule has 0 spiro atoms. The van der Waals surface area contributed by atoms with Crippen molar-refractivity contribution in [1.82, 2.24) is 10.1 Å². The summed E-state index contributed by atoms with van der Waals surface area (Å²) in [5, 5.41) is 26.5. The Balaban J connectivity index is 1.45. The van der Waals surface area contributed by atoms with Crippen molar-refractivity contribution >= 4 is 31.9 Å². The number of nitrogens with zero attached hydrogens (tertiary/aromatic N) is 2. The van der Waals surface area contributed by atoms with Crippen LogP contribution in [-0.2, 0) is 33.6 Å². The highest BCUT2D eigenvalue weighted by molar-refractivity contribution is 6.74. The van der Waals surface area contributed by atoms with Crippen LogP contribution in [-0.4, -0.2) is 72.7 Å². The summed E-state index contributed by atoms with van der Waals surface area (Å²) in [7, 11) is 0.631. The van der Waals surface area contributed by atoms with E-state index in [9.17, 15) is 15.0 Å². The van der Waals surface area contributed by atoms with Crippen molar-refractivity contribution in [1.29, 1.82) is 0 Å². The maximum Gasteiger partial charge on any atom is 0.265 e. The molecular formula is C45H51FN2O9Si. The van der Waals surface area contributed by atoms with E-state index in [0.29, 0.717) is 6.29 Å². The number of rotatable bonds is 12. The Kier molecular flexibility index (Phi) is 10.9. The van der Waals surface area contributed by atoms with Crippen LogP contribution in [0.3, 0.4) is 0 Å². The molecule has 58 heavy (non-hydrogen) atoms. The minimum atomic E-state index is -3.00. The van der Waals surface area contributed by atoms with Gasteiger partial charge in [0.25, 0.3) is 5.88 Å². The predicted molar refractivity (Wildman–Crippen MR) is 217 cm³/mol. The molecule has 1 heterocycles. The fourth-order valence-electron chi connectivity index (χ4n) is 8.72. The zero-order valence-electron chi connectivity index (χ0n) is 34.2. The van der Waals surface area contributed by atoms with Crippen LogP contribution in [0.1, 0.15) is 88.7 Å². The fraction of sp³-hybridized carbons (Fsp3) is 0.422. The molecule has 0 bridgehead atoms. The van der Waals surface area contributed by atoms with Gasteiger partial charge < -0.3 is 33.4 Å². The second-order valence-corrected chi connectivity index (χ2v) is 22.1. The minimum absolute atomic E-state index is 0.00927. The highest BCUT2D eigenvalue weighted by Gasteiger charge is 2.69. The maximum atomic E-state index is 17.0. The van der Waals surface area contributed by atoms with Crippen molar-refractivity contribution in [3.8, 4) is 11.6 Å². The summed E-state index contributed by atoms with van der Waals surface area (Å²) in [5.74, 6) is -5.24. The Morgan fingerprint density at radius 3 is 2.16 bits per heavy atom. The first kappa shape index (κ1) is 41.2. The number of hydrogen-bond acceptors (Lipinski definition) is 11. The van der Waals surface area contributed by atoms with E-state index < -0.39 is 72.5 Å². The van der Waals surface area contributed by atoms with Gasteiger partial charge in [0.1, 0.15) is 42.4 Å². The molecule has 3 aliphatic carbocycles. The molecule has 1 aromatic heterocycles. The molecule has 2 N–H and O–H groups in total. The fourth-order valence-corrected chi connectivity index (χ4v) is 10.2. The van der Waals surface area contributed by atoms with Crippen LogP contribution >= 0.6 is 0 Å². The topological polar surface area (TPSA) is 149 Å². The van der Waals surface area contributed by atoms with Gasteiger partial charge in [-0.25, -0.2) is 4.39 Å². The zero-order chi connectivity index (χ0) is 41.9. The van der Waals surface area contributed by atoms with Gasteiger partial charge in [0.15, 0.2) is 19.7 Å². The number of ether oxygens (including phenoxy) is 2. The largest absolute Gasteiger partial charge is 0.507 e. The lowest BCUT2D eigenvalue weighted by molar-refractivity contribution is -0.140. The van der Waals surface area contributed by atoms with Crippen LogP contribution in [0.5, 0.6) is 11.6 Å².